The van der Waals surface area contributed by atoms with E-state index in [2.05, 4.69) is 50.4 Å². The fourth-order valence-corrected chi connectivity index (χ4v) is 1.77. The Morgan fingerprint density at radius 1 is 1.18 bits per heavy atom. The highest BCUT2D eigenvalue weighted by molar-refractivity contribution is 6.20. The molecule has 0 amide bonds. The summed E-state index contributed by atoms with van der Waals surface area (Å²) in [7, 11) is 0. The van der Waals surface area contributed by atoms with Gasteiger partial charge in [0.25, 0.3) is 0 Å². The topological polar surface area (TPSA) is 12.0 Å². The van der Waals surface area contributed by atoms with Crippen LogP contribution in [-0.2, 0) is 12.0 Å². The first-order valence-corrected chi connectivity index (χ1v) is 6.77. The van der Waals surface area contributed by atoms with E-state index in [1.54, 1.807) is 0 Å². The molecule has 96 valence electrons. The van der Waals surface area contributed by atoms with Crippen LogP contribution in [0.5, 0.6) is 0 Å². The average Bonchev–Trinajstić information content (AvgIpc) is 2.23. The minimum absolute atomic E-state index is 0.236. The van der Waals surface area contributed by atoms with Crippen LogP contribution in [0.1, 0.15) is 45.2 Å². The second-order valence-electron chi connectivity index (χ2n) is 5.69. The maximum absolute atomic E-state index is 5.89. The number of rotatable bonds is 5. The summed E-state index contributed by atoms with van der Waals surface area (Å²) in [4.78, 5) is 0. The van der Waals surface area contributed by atoms with Crippen molar-refractivity contribution in [1.29, 1.82) is 0 Å². The van der Waals surface area contributed by atoms with Gasteiger partial charge in [0.15, 0.2) is 0 Å². The Labute approximate surface area is 111 Å². The predicted molar refractivity (Wildman–Crippen MR) is 76.8 cm³/mol. The summed E-state index contributed by atoms with van der Waals surface area (Å²) in [5.74, 6) is 0. The van der Waals surface area contributed by atoms with Gasteiger partial charge in [-0.3, -0.25) is 0 Å². The van der Waals surface area contributed by atoms with Crippen LogP contribution >= 0.6 is 11.6 Å². The zero-order valence-corrected chi connectivity index (χ0v) is 12.1. The van der Waals surface area contributed by atoms with Crippen LogP contribution in [0, 0.1) is 0 Å². The van der Waals surface area contributed by atoms with Crippen LogP contribution in [0.2, 0.25) is 0 Å². The summed E-state index contributed by atoms with van der Waals surface area (Å²) >= 11 is 5.89. The third kappa shape index (κ3) is 5.56. The molecule has 0 aromatic heterocycles. The highest BCUT2D eigenvalue weighted by Crippen LogP contribution is 2.22. The molecule has 0 saturated carbocycles. The zero-order chi connectivity index (χ0) is 12.9. The van der Waals surface area contributed by atoms with Crippen molar-refractivity contribution in [1.82, 2.24) is 5.32 Å². The minimum Gasteiger partial charge on any atom is -0.313 e. The molecule has 0 aliphatic rings. The highest BCUT2D eigenvalue weighted by atomic mass is 35.5. The van der Waals surface area contributed by atoms with Crippen LogP contribution in [0.3, 0.4) is 0 Å². The van der Waals surface area contributed by atoms with Gasteiger partial charge in [-0.25, -0.2) is 0 Å². The minimum atomic E-state index is 0.236. The molecular formula is C15H24ClN. The van der Waals surface area contributed by atoms with Crippen molar-refractivity contribution < 1.29 is 0 Å². The first-order valence-electron chi connectivity index (χ1n) is 6.34. The predicted octanol–water partition coefficient (Wildman–Crippen LogP) is 4.09. The lowest BCUT2D eigenvalue weighted by Gasteiger charge is -2.19. The number of halogens is 1. The van der Waals surface area contributed by atoms with E-state index in [9.17, 15) is 0 Å². The third-order valence-electron chi connectivity index (χ3n) is 2.87. The van der Waals surface area contributed by atoms with Crippen LogP contribution < -0.4 is 5.32 Å². The van der Waals surface area contributed by atoms with Crippen molar-refractivity contribution in [3.05, 3.63) is 35.4 Å². The molecule has 0 spiro atoms. The van der Waals surface area contributed by atoms with E-state index in [1.165, 1.54) is 11.1 Å². The van der Waals surface area contributed by atoms with E-state index in [1.807, 2.05) is 6.92 Å². The molecule has 0 fully saturated rings. The van der Waals surface area contributed by atoms with E-state index in [4.69, 9.17) is 11.6 Å². The second-order valence-corrected chi connectivity index (χ2v) is 6.44. The number of benzene rings is 1. The summed E-state index contributed by atoms with van der Waals surface area (Å²) in [5, 5.41) is 3.66. The van der Waals surface area contributed by atoms with Gasteiger partial charge in [0, 0.05) is 11.9 Å². The van der Waals surface area contributed by atoms with Gasteiger partial charge in [0.1, 0.15) is 0 Å². The van der Waals surface area contributed by atoms with Gasteiger partial charge in [0.05, 0.1) is 0 Å². The molecule has 0 aliphatic carbocycles. The normalized spacial score (nSPS) is 13.7. The quantitative estimate of drug-likeness (QED) is 0.616. The lowest BCUT2D eigenvalue weighted by Crippen LogP contribution is -2.17. The van der Waals surface area contributed by atoms with Gasteiger partial charge in [0.2, 0.25) is 0 Å². The van der Waals surface area contributed by atoms with Gasteiger partial charge in [-0.1, -0.05) is 45.0 Å². The SMILES string of the molecule is CC(Cl)CCNCc1ccc(C(C)(C)C)cc1. The Kier molecular flexibility index (Phi) is 5.48. The molecule has 0 heterocycles. The monoisotopic (exact) mass is 253 g/mol. The van der Waals surface area contributed by atoms with Crippen LogP contribution in [0.4, 0.5) is 0 Å². The third-order valence-corrected chi connectivity index (χ3v) is 3.09. The van der Waals surface area contributed by atoms with Crippen molar-refractivity contribution in [2.75, 3.05) is 6.54 Å². The Balaban J connectivity index is 2.41. The van der Waals surface area contributed by atoms with Crippen LogP contribution in [0.15, 0.2) is 24.3 Å². The van der Waals surface area contributed by atoms with E-state index in [0.717, 1.165) is 19.5 Å². The van der Waals surface area contributed by atoms with Crippen LogP contribution in [-0.4, -0.2) is 11.9 Å². The van der Waals surface area contributed by atoms with Gasteiger partial charge in [-0.15, -0.1) is 11.6 Å². The summed E-state index contributed by atoms with van der Waals surface area (Å²) < 4.78 is 0. The fraction of sp³-hybridized carbons (Fsp3) is 0.600. The highest BCUT2D eigenvalue weighted by Gasteiger charge is 2.12. The number of hydrogen-bond donors (Lipinski definition) is 1. The van der Waals surface area contributed by atoms with E-state index in [-0.39, 0.29) is 10.8 Å². The van der Waals surface area contributed by atoms with E-state index < -0.39 is 0 Å². The summed E-state index contributed by atoms with van der Waals surface area (Å²) in [6.07, 6.45) is 1.02. The lowest BCUT2D eigenvalue weighted by molar-refractivity contribution is 0.589. The molecule has 1 N–H and O–H groups in total. The molecule has 0 bridgehead atoms. The molecule has 1 aromatic rings. The van der Waals surface area contributed by atoms with Gasteiger partial charge in [-0.05, 0) is 36.4 Å². The summed E-state index contributed by atoms with van der Waals surface area (Å²) in [6, 6.07) is 8.86. The molecule has 1 aromatic carbocycles. The molecular weight excluding hydrogens is 230 g/mol. The summed E-state index contributed by atoms with van der Waals surface area (Å²) in [6.45, 7) is 10.6. The smallest absolute Gasteiger partial charge is 0.0319 e. The number of alkyl halides is 1. The van der Waals surface area contributed by atoms with Gasteiger partial charge in [-0.2, -0.15) is 0 Å². The van der Waals surface area contributed by atoms with Crippen molar-refractivity contribution in [3.8, 4) is 0 Å². The van der Waals surface area contributed by atoms with Crippen molar-refractivity contribution in [3.63, 3.8) is 0 Å². The van der Waals surface area contributed by atoms with Crippen molar-refractivity contribution in [2.24, 2.45) is 0 Å². The van der Waals surface area contributed by atoms with Crippen LogP contribution in [0.25, 0.3) is 0 Å². The summed E-state index contributed by atoms with van der Waals surface area (Å²) in [5.41, 5.74) is 2.95. The first-order chi connectivity index (χ1) is 7.89. The molecule has 2 heteroatoms. The largest absolute Gasteiger partial charge is 0.313 e. The maximum Gasteiger partial charge on any atom is 0.0319 e. The second kappa shape index (κ2) is 6.42. The van der Waals surface area contributed by atoms with E-state index in [0.29, 0.717) is 0 Å². The van der Waals surface area contributed by atoms with Crippen molar-refractivity contribution in [2.45, 2.75) is 51.5 Å². The first kappa shape index (κ1) is 14.5. The number of nitrogens with one attached hydrogen (secondary N) is 1. The van der Waals surface area contributed by atoms with Gasteiger partial charge >= 0.3 is 0 Å². The Bertz CT molecular complexity index is 322. The van der Waals surface area contributed by atoms with Crippen molar-refractivity contribution >= 4 is 11.6 Å². The molecule has 1 unspecified atom stereocenters. The zero-order valence-electron chi connectivity index (χ0n) is 11.4. The molecule has 0 aliphatic heterocycles. The molecule has 0 radical (unpaired) electrons. The number of hydrogen-bond acceptors (Lipinski definition) is 1. The maximum atomic E-state index is 5.89. The average molecular weight is 254 g/mol. The Morgan fingerprint density at radius 3 is 2.24 bits per heavy atom. The Hall–Kier alpha value is -0.530. The fourth-order valence-electron chi connectivity index (χ4n) is 1.66. The molecule has 1 nitrogen and oxygen atoms in total. The standard InChI is InChI=1S/C15H24ClN/c1-12(16)9-10-17-11-13-5-7-14(8-6-13)15(2,3)4/h5-8,12,17H,9-11H2,1-4H3. The molecule has 1 atom stereocenters. The van der Waals surface area contributed by atoms with E-state index >= 15 is 0 Å². The molecule has 0 saturated heterocycles. The van der Waals surface area contributed by atoms with Gasteiger partial charge < -0.3 is 5.32 Å². The molecule has 1 rings (SSSR count). The Morgan fingerprint density at radius 2 is 1.76 bits per heavy atom. The molecule has 17 heavy (non-hydrogen) atoms. The lowest BCUT2D eigenvalue weighted by atomic mass is 9.87.